The van der Waals surface area contributed by atoms with Crippen molar-refractivity contribution in [2.45, 2.75) is 13.8 Å². The third-order valence-corrected chi connectivity index (χ3v) is 3.75. The first kappa shape index (κ1) is 17.4. The van der Waals surface area contributed by atoms with Crippen molar-refractivity contribution in [1.82, 2.24) is 5.32 Å². The van der Waals surface area contributed by atoms with Gasteiger partial charge in [0.1, 0.15) is 16.9 Å². The molecule has 0 bridgehead atoms. The number of carbonyl (C=O) groups is 2. The molecule has 6 heteroatoms. The van der Waals surface area contributed by atoms with Crippen LogP contribution in [-0.2, 0) is 4.79 Å². The summed E-state index contributed by atoms with van der Waals surface area (Å²) in [5, 5.41) is 2.93. The van der Waals surface area contributed by atoms with Gasteiger partial charge in [-0.15, -0.1) is 0 Å². The van der Waals surface area contributed by atoms with E-state index in [1.54, 1.807) is 31.4 Å². The molecule has 6 nitrogen and oxygen atoms in total. The topological polar surface area (TPSA) is 80.9 Å². The third-order valence-electron chi connectivity index (χ3n) is 3.75. The van der Waals surface area contributed by atoms with Crippen molar-refractivity contribution in [3.8, 4) is 5.75 Å². The Morgan fingerprint density at radius 3 is 2.46 bits per heavy atom. The second-order valence-corrected chi connectivity index (χ2v) is 5.83. The molecule has 0 aliphatic heterocycles. The lowest BCUT2D eigenvalue weighted by atomic mass is 10.1. The van der Waals surface area contributed by atoms with Gasteiger partial charge in [0.05, 0.1) is 12.8 Å². The van der Waals surface area contributed by atoms with Crippen LogP contribution in [0.2, 0.25) is 0 Å². The lowest BCUT2D eigenvalue weighted by Gasteiger charge is -2.06. The van der Waals surface area contributed by atoms with Crippen LogP contribution in [0.5, 0.6) is 5.75 Å². The zero-order chi connectivity index (χ0) is 18.7. The Bertz CT molecular complexity index is 1050. The molecule has 0 spiro atoms. The van der Waals surface area contributed by atoms with Gasteiger partial charge in [0, 0.05) is 12.3 Å². The van der Waals surface area contributed by atoms with E-state index < -0.39 is 11.8 Å². The Kier molecular flexibility index (Phi) is 4.84. The smallest absolute Gasteiger partial charge is 0.263 e. The van der Waals surface area contributed by atoms with Crippen LogP contribution in [0.4, 0.5) is 5.69 Å². The summed E-state index contributed by atoms with van der Waals surface area (Å²) < 4.78 is 11.0. The maximum Gasteiger partial charge on any atom is 0.263 e. The highest BCUT2D eigenvalue weighted by molar-refractivity contribution is 6.05. The fourth-order valence-electron chi connectivity index (χ4n) is 2.45. The summed E-state index contributed by atoms with van der Waals surface area (Å²) in [7, 11) is 1.56. The van der Waals surface area contributed by atoms with Crippen LogP contribution in [0, 0.1) is 6.92 Å². The molecule has 1 aromatic heterocycles. The number of imide groups is 1. The van der Waals surface area contributed by atoms with E-state index in [1.807, 2.05) is 31.2 Å². The molecule has 0 aliphatic rings. The molecule has 1 N–H and O–H groups in total. The molecule has 132 valence electrons. The summed E-state index contributed by atoms with van der Waals surface area (Å²) in [6, 6.07) is 14.4. The Labute approximate surface area is 150 Å². The van der Waals surface area contributed by atoms with E-state index in [2.05, 4.69) is 10.3 Å². The van der Waals surface area contributed by atoms with Gasteiger partial charge in [-0.1, -0.05) is 17.7 Å². The van der Waals surface area contributed by atoms with E-state index in [0.29, 0.717) is 22.4 Å². The zero-order valence-electron chi connectivity index (χ0n) is 14.7. The van der Waals surface area contributed by atoms with Crippen LogP contribution >= 0.6 is 0 Å². The predicted molar refractivity (Wildman–Crippen MR) is 97.3 cm³/mol. The summed E-state index contributed by atoms with van der Waals surface area (Å²) in [4.78, 5) is 28.2. The summed E-state index contributed by atoms with van der Waals surface area (Å²) in [6.45, 7) is 3.25. The lowest BCUT2D eigenvalue weighted by Crippen LogP contribution is -2.32. The van der Waals surface area contributed by atoms with Gasteiger partial charge < -0.3 is 9.15 Å². The van der Waals surface area contributed by atoms with Gasteiger partial charge in [-0.2, -0.15) is 0 Å². The Hall–Kier alpha value is -3.41. The monoisotopic (exact) mass is 350 g/mol. The van der Waals surface area contributed by atoms with Gasteiger partial charge in [0.25, 0.3) is 5.91 Å². The maximum absolute atomic E-state index is 12.4. The predicted octanol–water partition coefficient (Wildman–Crippen LogP) is 3.26. The van der Waals surface area contributed by atoms with Gasteiger partial charge in [0.2, 0.25) is 11.5 Å². The van der Waals surface area contributed by atoms with Crippen molar-refractivity contribution < 1.29 is 18.7 Å². The van der Waals surface area contributed by atoms with Crippen LogP contribution in [0.3, 0.4) is 0 Å². The lowest BCUT2D eigenvalue weighted by molar-refractivity contribution is -0.118. The van der Waals surface area contributed by atoms with Crippen molar-refractivity contribution >= 4 is 28.5 Å². The van der Waals surface area contributed by atoms with Crippen molar-refractivity contribution in [2.24, 2.45) is 4.99 Å². The second kappa shape index (κ2) is 7.23. The molecule has 2 amide bonds. The van der Waals surface area contributed by atoms with Gasteiger partial charge >= 0.3 is 0 Å². The van der Waals surface area contributed by atoms with Crippen LogP contribution in [0.25, 0.3) is 11.0 Å². The molecule has 0 aliphatic carbocycles. The number of benzene rings is 2. The average molecular weight is 350 g/mol. The first-order valence-electron chi connectivity index (χ1n) is 8.01. The highest BCUT2D eigenvalue weighted by Gasteiger charge is 2.14. The molecule has 1 heterocycles. The highest BCUT2D eigenvalue weighted by Crippen LogP contribution is 2.21. The quantitative estimate of drug-likeness (QED) is 0.786. The maximum atomic E-state index is 12.4. The van der Waals surface area contributed by atoms with Gasteiger partial charge in [0.15, 0.2) is 0 Å². The standard InChI is InChI=1S/C20H18N2O4/c1-12-4-6-15(7-5-12)22-20-17(19(24)21-13(2)23)11-14-10-16(25-3)8-9-18(14)26-20/h4-11H,1-3H3,(H,21,23,24). The van der Waals surface area contributed by atoms with Crippen molar-refractivity contribution in [3.63, 3.8) is 0 Å². The van der Waals surface area contributed by atoms with Gasteiger partial charge in [-0.3, -0.25) is 14.9 Å². The fraction of sp³-hybridized carbons (Fsp3) is 0.150. The van der Waals surface area contributed by atoms with E-state index in [1.165, 1.54) is 6.92 Å². The van der Waals surface area contributed by atoms with E-state index >= 15 is 0 Å². The third kappa shape index (κ3) is 3.80. The summed E-state index contributed by atoms with van der Waals surface area (Å²) in [5.74, 6) is -0.396. The van der Waals surface area contributed by atoms with E-state index in [0.717, 1.165) is 5.56 Å². The van der Waals surface area contributed by atoms with Crippen LogP contribution < -0.4 is 15.6 Å². The second-order valence-electron chi connectivity index (χ2n) is 5.83. The molecule has 0 saturated carbocycles. The molecule has 0 fully saturated rings. The van der Waals surface area contributed by atoms with Crippen molar-refractivity contribution in [1.29, 1.82) is 0 Å². The zero-order valence-corrected chi connectivity index (χ0v) is 14.7. The number of amides is 2. The average Bonchev–Trinajstić information content (AvgIpc) is 2.62. The number of hydrogen-bond donors (Lipinski definition) is 1. The number of rotatable bonds is 3. The van der Waals surface area contributed by atoms with Crippen LogP contribution in [0.1, 0.15) is 22.8 Å². The van der Waals surface area contributed by atoms with Crippen molar-refractivity contribution in [3.05, 3.63) is 65.2 Å². The SMILES string of the molecule is COc1ccc2oc(=Nc3ccc(C)cc3)c(C(=O)NC(C)=O)cc2c1. The summed E-state index contributed by atoms with van der Waals surface area (Å²) >= 11 is 0. The van der Waals surface area contributed by atoms with Crippen LogP contribution in [-0.4, -0.2) is 18.9 Å². The first-order chi connectivity index (χ1) is 12.5. The van der Waals surface area contributed by atoms with Gasteiger partial charge in [-0.05, 0) is 43.3 Å². The van der Waals surface area contributed by atoms with Gasteiger partial charge in [-0.25, -0.2) is 4.99 Å². The molecule has 0 atom stereocenters. The normalized spacial score (nSPS) is 11.4. The van der Waals surface area contributed by atoms with E-state index in [4.69, 9.17) is 9.15 Å². The molecule has 3 rings (SSSR count). The van der Waals surface area contributed by atoms with Crippen molar-refractivity contribution in [2.75, 3.05) is 7.11 Å². The van der Waals surface area contributed by atoms with Crippen LogP contribution in [0.15, 0.2) is 57.9 Å². The van der Waals surface area contributed by atoms with E-state index in [9.17, 15) is 9.59 Å². The molecular formula is C20H18N2O4. The number of fused-ring (bicyclic) bond motifs is 1. The minimum absolute atomic E-state index is 0.130. The Balaban J connectivity index is 2.22. The highest BCUT2D eigenvalue weighted by atomic mass is 16.5. The summed E-state index contributed by atoms with van der Waals surface area (Å²) in [5.41, 5.74) is 2.59. The number of nitrogens with zero attached hydrogens (tertiary/aromatic N) is 1. The number of ether oxygens (including phenoxy) is 1. The minimum Gasteiger partial charge on any atom is -0.497 e. The Morgan fingerprint density at radius 1 is 1.08 bits per heavy atom. The molecule has 0 radical (unpaired) electrons. The fourth-order valence-corrected chi connectivity index (χ4v) is 2.45. The van der Waals surface area contributed by atoms with E-state index in [-0.39, 0.29) is 11.1 Å². The largest absolute Gasteiger partial charge is 0.497 e. The molecule has 2 aromatic carbocycles. The number of nitrogens with one attached hydrogen (secondary N) is 1. The molecule has 0 saturated heterocycles. The molecule has 3 aromatic rings. The molecular weight excluding hydrogens is 332 g/mol. The number of methoxy groups -OCH3 is 1. The molecule has 26 heavy (non-hydrogen) atoms. The number of aryl methyl sites for hydroxylation is 1. The number of hydrogen-bond acceptors (Lipinski definition) is 5. The number of carbonyl (C=O) groups excluding carboxylic acids is 2. The first-order valence-corrected chi connectivity index (χ1v) is 8.01. The Morgan fingerprint density at radius 2 is 1.81 bits per heavy atom. The minimum atomic E-state index is -0.572. The molecule has 0 unspecified atom stereocenters. The summed E-state index contributed by atoms with van der Waals surface area (Å²) in [6.07, 6.45) is 0.